The molecule has 0 heterocycles. The van der Waals surface area contributed by atoms with Gasteiger partial charge in [0.2, 0.25) is 0 Å². The van der Waals surface area contributed by atoms with Gasteiger partial charge in [0.05, 0.1) is 13.2 Å². The van der Waals surface area contributed by atoms with Crippen molar-refractivity contribution in [2.45, 2.75) is 39.5 Å². The Morgan fingerprint density at radius 2 is 1.23 bits per heavy atom. The van der Waals surface area contributed by atoms with Gasteiger partial charge in [0.15, 0.2) is 0 Å². The smallest absolute Gasteiger partial charge is 0.0651 e. The summed E-state index contributed by atoms with van der Waals surface area (Å²) in [6, 6.07) is 0. The second-order valence-electron chi connectivity index (χ2n) is 3.06. The molecule has 0 N–H and O–H groups in total. The van der Waals surface area contributed by atoms with E-state index in [1.165, 1.54) is 12.8 Å². The van der Waals surface area contributed by atoms with Crippen LogP contribution in [0.4, 0.5) is 0 Å². The fraction of sp³-hybridized carbons (Fsp3) is 0.667. The zero-order valence-electron chi connectivity index (χ0n) is 8.96. The first-order valence-electron chi connectivity index (χ1n) is 5.29. The summed E-state index contributed by atoms with van der Waals surface area (Å²) in [6.07, 6.45) is 13.3. The highest BCUT2D eigenvalue weighted by Gasteiger charge is 1.78. The summed E-state index contributed by atoms with van der Waals surface area (Å²) >= 11 is 0. The first-order chi connectivity index (χ1) is 6.41. The number of hydrogen-bond acceptors (Lipinski definition) is 1. The van der Waals surface area contributed by atoms with Crippen molar-refractivity contribution < 1.29 is 4.74 Å². The first-order valence-corrected chi connectivity index (χ1v) is 5.29. The summed E-state index contributed by atoms with van der Waals surface area (Å²) in [6.45, 7) is 5.85. The van der Waals surface area contributed by atoms with Gasteiger partial charge in [-0.05, 0) is 12.8 Å². The van der Waals surface area contributed by atoms with Crippen molar-refractivity contribution in [3.05, 3.63) is 24.3 Å². The molecule has 0 rings (SSSR count). The van der Waals surface area contributed by atoms with Crippen molar-refractivity contribution >= 4 is 0 Å². The molecule has 0 aromatic heterocycles. The molecule has 0 aromatic rings. The van der Waals surface area contributed by atoms with Gasteiger partial charge in [0.1, 0.15) is 0 Å². The maximum Gasteiger partial charge on any atom is 0.0651 e. The maximum atomic E-state index is 5.35. The van der Waals surface area contributed by atoms with E-state index in [0.29, 0.717) is 0 Å². The van der Waals surface area contributed by atoms with Crippen LogP contribution in [0.15, 0.2) is 24.3 Å². The van der Waals surface area contributed by atoms with E-state index in [9.17, 15) is 0 Å². The van der Waals surface area contributed by atoms with E-state index in [4.69, 9.17) is 4.74 Å². The van der Waals surface area contributed by atoms with Crippen molar-refractivity contribution in [1.29, 1.82) is 0 Å². The minimum absolute atomic E-state index is 0.746. The lowest BCUT2D eigenvalue weighted by Gasteiger charge is -1.94. The summed E-state index contributed by atoms with van der Waals surface area (Å²) in [5.74, 6) is 0. The van der Waals surface area contributed by atoms with Gasteiger partial charge in [-0.2, -0.15) is 0 Å². The van der Waals surface area contributed by atoms with Crippen LogP contribution < -0.4 is 0 Å². The average molecular weight is 182 g/mol. The van der Waals surface area contributed by atoms with Crippen LogP contribution in [0.25, 0.3) is 0 Å². The van der Waals surface area contributed by atoms with Crippen LogP contribution in [0.5, 0.6) is 0 Å². The normalized spacial score (nSPS) is 11.8. The van der Waals surface area contributed by atoms with Gasteiger partial charge < -0.3 is 4.74 Å². The maximum absolute atomic E-state index is 5.35. The Morgan fingerprint density at radius 1 is 0.769 bits per heavy atom. The van der Waals surface area contributed by atoms with E-state index in [1.54, 1.807) is 0 Å². The molecule has 0 aromatic carbocycles. The molecule has 76 valence electrons. The second-order valence-corrected chi connectivity index (χ2v) is 3.06. The third kappa shape index (κ3) is 11.4. The van der Waals surface area contributed by atoms with E-state index in [2.05, 4.69) is 38.2 Å². The van der Waals surface area contributed by atoms with Crippen LogP contribution >= 0.6 is 0 Å². The lowest BCUT2D eigenvalue weighted by atomic mass is 10.3. The van der Waals surface area contributed by atoms with Crippen molar-refractivity contribution in [3.63, 3.8) is 0 Å². The Balaban J connectivity index is 3.07. The molecule has 0 unspecified atom stereocenters. The zero-order chi connectivity index (χ0) is 9.78. The monoisotopic (exact) mass is 182 g/mol. The minimum atomic E-state index is 0.746. The fourth-order valence-electron chi connectivity index (χ4n) is 0.909. The van der Waals surface area contributed by atoms with Crippen LogP contribution in [0, 0.1) is 0 Å². The quantitative estimate of drug-likeness (QED) is 0.410. The number of unbranched alkanes of at least 4 members (excludes halogenated alkanes) is 2. The van der Waals surface area contributed by atoms with E-state index in [-0.39, 0.29) is 0 Å². The predicted octanol–water partition coefficient (Wildman–Crippen LogP) is 3.72. The Labute approximate surface area is 82.5 Å². The molecule has 13 heavy (non-hydrogen) atoms. The molecular formula is C12H22O. The lowest BCUT2D eigenvalue weighted by Crippen LogP contribution is -1.89. The minimum Gasteiger partial charge on any atom is -0.373 e. The van der Waals surface area contributed by atoms with Crippen molar-refractivity contribution in [3.8, 4) is 0 Å². The molecule has 0 aliphatic carbocycles. The van der Waals surface area contributed by atoms with Crippen LogP contribution in [0.1, 0.15) is 39.5 Å². The van der Waals surface area contributed by atoms with E-state index >= 15 is 0 Å². The molecule has 0 aliphatic rings. The Hall–Kier alpha value is -0.560. The van der Waals surface area contributed by atoms with Crippen LogP contribution in [0.3, 0.4) is 0 Å². The molecule has 0 saturated carbocycles. The van der Waals surface area contributed by atoms with Crippen LogP contribution in [0.2, 0.25) is 0 Å². The van der Waals surface area contributed by atoms with Crippen molar-refractivity contribution in [2.75, 3.05) is 13.2 Å². The highest BCUT2D eigenvalue weighted by atomic mass is 16.5. The number of hydrogen-bond donors (Lipinski definition) is 0. The lowest BCUT2D eigenvalue weighted by molar-refractivity contribution is 0.193. The Morgan fingerprint density at radius 3 is 1.62 bits per heavy atom. The fourth-order valence-corrected chi connectivity index (χ4v) is 0.909. The summed E-state index contributed by atoms with van der Waals surface area (Å²) < 4.78 is 5.35. The Bertz CT molecular complexity index is 120. The molecule has 0 fully saturated rings. The first kappa shape index (κ1) is 12.4. The van der Waals surface area contributed by atoms with E-state index in [1.807, 2.05) is 0 Å². The third-order valence-corrected chi connectivity index (χ3v) is 1.67. The molecule has 1 heteroatoms. The molecular weight excluding hydrogens is 160 g/mol. The summed E-state index contributed by atoms with van der Waals surface area (Å²) in [5, 5.41) is 0. The van der Waals surface area contributed by atoms with Gasteiger partial charge >= 0.3 is 0 Å². The SMILES string of the molecule is CCCC=CCOCC=CCCC. The van der Waals surface area contributed by atoms with Gasteiger partial charge in [0.25, 0.3) is 0 Å². The van der Waals surface area contributed by atoms with Gasteiger partial charge in [-0.15, -0.1) is 0 Å². The third-order valence-electron chi connectivity index (χ3n) is 1.67. The summed E-state index contributed by atoms with van der Waals surface area (Å²) in [7, 11) is 0. The predicted molar refractivity (Wildman–Crippen MR) is 58.9 cm³/mol. The van der Waals surface area contributed by atoms with Gasteiger partial charge in [0, 0.05) is 0 Å². The molecule has 0 bridgehead atoms. The number of allylic oxidation sites excluding steroid dienone is 2. The van der Waals surface area contributed by atoms with Gasteiger partial charge in [-0.25, -0.2) is 0 Å². The number of ether oxygens (including phenoxy) is 1. The average Bonchev–Trinajstić information content (AvgIpc) is 2.16. The van der Waals surface area contributed by atoms with Crippen molar-refractivity contribution in [2.24, 2.45) is 0 Å². The zero-order valence-corrected chi connectivity index (χ0v) is 8.96. The van der Waals surface area contributed by atoms with Crippen molar-refractivity contribution in [1.82, 2.24) is 0 Å². The van der Waals surface area contributed by atoms with E-state index < -0.39 is 0 Å². The highest BCUT2D eigenvalue weighted by Crippen LogP contribution is 1.90. The standard InChI is InChI=1S/C12H22O/c1-3-5-7-9-11-13-12-10-8-6-4-2/h7-10H,3-6,11-12H2,1-2H3. The summed E-state index contributed by atoms with van der Waals surface area (Å²) in [4.78, 5) is 0. The topological polar surface area (TPSA) is 9.23 Å². The van der Waals surface area contributed by atoms with Crippen LogP contribution in [-0.4, -0.2) is 13.2 Å². The van der Waals surface area contributed by atoms with E-state index in [0.717, 1.165) is 26.1 Å². The second kappa shape index (κ2) is 11.4. The highest BCUT2D eigenvalue weighted by molar-refractivity contribution is 4.83. The van der Waals surface area contributed by atoms with Gasteiger partial charge in [-0.3, -0.25) is 0 Å². The molecule has 0 amide bonds. The molecule has 0 aliphatic heterocycles. The molecule has 1 nitrogen and oxygen atoms in total. The largest absolute Gasteiger partial charge is 0.373 e. The summed E-state index contributed by atoms with van der Waals surface area (Å²) in [5.41, 5.74) is 0. The molecule has 0 saturated heterocycles. The molecule has 0 atom stereocenters. The van der Waals surface area contributed by atoms with Crippen LogP contribution in [-0.2, 0) is 4.74 Å². The number of rotatable bonds is 8. The Kier molecular flexibility index (Phi) is 10.9. The van der Waals surface area contributed by atoms with Gasteiger partial charge in [-0.1, -0.05) is 51.0 Å². The molecule has 0 radical (unpaired) electrons. The molecule has 0 spiro atoms.